The Morgan fingerprint density at radius 1 is 1.13 bits per heavy atom. The van der Waals surface area contributed by atoms with Crippen LogP contribution in [0.3, 0.4) is 0 Å². The van der Waals surface area contributed by atoms with E-state index in [1.54, 1.807) is 36.4 Å². The third-order valence-electron chi connectivity index (χ3n) is 4.18. The fraction of sp³-hybridized carbons (Fsp3) is 0.0500. The molecule has 1 aromatic heterocycles. The van der Waals surface area contributed by atoms with E-state index in [-0.39, 0.29) is 34.5 Å². The third-order valence-corrected chi connectivity index (χ3v) is 5.57. The maximum absolute atomic E-state index is 13.8. The van der Waals surface area contributed by atoms with E-state index in [0.717, 1.165) is 0 Å². The fourth-order valence-corrected chi connectivity index (χ4v) is 3.91. The topological polar surface area (TPSA) is 116 Å². The van der Waals surface area contributed by atoms with Crippen LogP contribution in [0.15, 0.2) is 70.7 Å². The van der Waals surface area contributed by atoms with Crippen molar-refractivity contribution in [2.75, 3.05) is 5.32 Å². The normalized spacial score (nSPS) is 15.4. The number of nitrogens with zero attached hydrogens (tertiary/aromatic N) is 3. The fourth-order valence-electron chi connectivity index (χ4n) is 2.75. The molecule has 1 aliphatic heterocycles. The van der Waals surface area contributed by atoms with Gasteiger partial charge in [0.05, 0.1) is 23.9 Å². The van der Waals surface area contributed by atoms with E-state index >= 15 is 0 Å². The number of halogens is 1. The summed E-state index contributed by atoms with van der Waals surface area (Å²) in [6.45, 7) is -0.161. The molecule has 2 N–H and O–H groups in total. The average molecular weight is 423 g/mol. The van der Waals surface area contributed by atoms with Crippen LogP contribution in [0.5, 0.6) is 11.5 Å². The molecular formula is C20H14FN5O3S. The summed E-state index contributed by atoms with van der Waals surface area (Å²) in [5.74, 6) is 0.0577. The number of para-hydroxylation sites is 1. The summed E-state index contributed by atoms with van der Waals surface area (Å²) in [6, 6.07) is 15.7. The minimum absolute atomic E-state index is 0.0170. The lowest BCUT2D eigenvalue weighted by Gasteiger charge is -2.23. The largest absolute Gasteiger partial charge is 0.455 e. The van der Waals surface area contributed by atoms with Crippen LogP contribution in [0, 0.1) is 17.1 Å². The number of hydrogen-bond acceptors (Lipinski definition) is 6. The number of anilines is 1. The predicted octanol–water partition coefficient (Wildman–Crippen LogP) is 3.14. The maximum atomic E-state index is 13.8. The van der Waals surface area contributed by atoms with Crippen molar-refractivity contribution in [1.29, 1.82) is 5.26 Å². The number of rotatable bonds is 4. The summed E-state index contributed by atoms with van der Waals surface area (Å²) >= 11 is 0. The van der Waals surface area contributed by atoms with Crippen molar-refractivity contribution in [1.82, 2.24) is 9.71 Å². The monoisotopic (exact) mass is 423 g/mol. The summed E-state index contributed by atoms with van der Waals surface area (Å²) in [5, 5.41) is 11.8. The lowest BCUT2D eigenvalue weighted by Crippen LogP contribution is -2.40. The van der Waals surface area contributed by atoms with E-state index in [1.165, 1.54) is 24.4 Å². The van der Waals surface area contributed by atoms with Gasteiger partial charge in [0.1, 0.15) is 22.1 Å². The number of aromatic nitrogens is 1. The van der Waals surface area contributed by atoms with Crippen LogP contribution in [0.25, 0.3) is 0 Å². The van der Waals surface area contributed by atoms with E-state index in [0.29, 0.717) is 11.3 Å². The zero-order valence-corrected chi connectivity index (χ0v) is 16.1. The smallest absolute Gasteiger partial charge is 0.266 e. The summed E-state index contributed by atoms with van der Waals surface area (Å²) in [4.78, 5) is 7.98. The minimum Gasteiger partial charge on any atom is -0.455 e. The van der Waals surface area contributed by atoms with Crippen molar-refractivity contribution in [3.8, 4) is 17.6 Å². The molecule has 0 atom stereocenters. The van der Waals surface area contributed by atoms with Gasteiger partial charge in [-0.1, -0.05) is 6.07 Å². The molecular weight excluding hydrogens is 409 g/mol. The molecule has 0 aliphatic carbocycles. The average Bonchev–Trinajstić information content (AvgIpc) is 2.74. The Bertz CT molecular complexity index is 1280. The van der Waals surface area contributed by atoms with Gasteiger partial charge in [-0.15, -0.1) is 0 Å². The van der Waals surface area contributed by atoms with Gasteiger partial charge in [0.2, 0.25) is 5.96 Å². The Morgan fingerprint density at radius 3 is 2.67 bits per heavy atom. The van der Waals surface area contributed by atoms with E-state index in [1.807, 2.05) is 6.07 Å². The standard InChI is InChI=1S/C20H14FN5O3S/c21-15-3-2-10-23-16(15)12-24-20-25-19-17(4-1-5-18(19)30(27,28)26-20)29-14-8-6-13(11-22)7-9-14/h1-10H,12H2,(H2,24,25,26). The number of benzene rings is 2. The van der Waals surface area contributed by atoms with E-state index in [9.17, 15) is 12.8 Å². The highest BCUT2D eigenvalue weighted by molar-refractivity contribution is 7.90. The lowest BCUT2D eigenvalue weighted by atomic mass is 10.2. The number of ether oxygens (including phenoxy) is 1. The van der Waals surface area contributed by atoms with E-state index in [2.05, 4.69) is 20.0 Å². The van der Waals surface area contributed by atoms with E-state index in [4.69, 9.17) is 10.00 Å². The number of hydrogen-bond donors (Lipinski definition) is 2. The molecule has 2 heterocycles. The van der Waals surface area contributed by atoms with Crippen molar-refractivity contribution in [3.05, 3.63) is 77.9 Å². The molecule has 3 aromatic rings. The molecule has 0 saturated heterocycles. The lowest BCUT2D eigenvalue weighted by molar-refractivity contribution is 0.483. The van der Waals surface area contributed by atoms with Crippen LogP contribution in [0.2, 0.25) is 0 Å². The number of nitrogens with one attached hydrogen (secondary N) is 2. The first-order valence-corrected chi connectivity index (χ1v) is 10.2. The minimum atomic E-state index is -3.91. The Kier molecular flexibility index (Phi) is 5.04. The molecule has 0 amide bonds. The predicted molar refractivity (Wildman–Crippen MR) is 107 cm³/mol. The zero-order chi connectivity index (χ0) is 21.1. The van der Waals surface area contributed by atoms with Crippen LogP contribution in [0.1, 0.15) is 11.3 Å². The van der Waals surface area contributed by atoms with Crippen molar-refractivity contribution in [3.63, 3.8) is 0 Å². The highest BCUT2D eigenvalue weighted by Crippen LogP contribution is 2.36. The molecule has 4 rings (SSSR count). The Balaban J connectivity index is 1.66. The molecule has 0 saturated carbocycles. The molecule has 0 fully saturated rings. The molecule has 1 aliphatic rings. The number of aliphatic imine (C=N–C) groups is 1. The van der Waals surface area contributed by atoms with Gasteiger partial charge in [0, 0.05) is 6.20 Å². The number of fused-ring (bicyclic) bond motifs is 1. The molecule has 30 heavy (non-hydrogen) atoms. The molecule has 2 aromatic carbocycles. The van der Waals surface area contributed by atoms with Gasteiger partial charge in [-0.2, -0.15) is 5.26 Å². The molecule has 8 nitrogen and oxygen atoms in total. The SMILES string of the molecule is N#Cc1ccc(Oc2cccc3c2NC(=NCc2ncccc2F)NS3(=O)=O)cc1. The quantitative estimate of drug-likeness (QED) is 0.666. The Morgan fingerprint density at radius 2 is 1.93 bits per heavy atom. The van der Waals surface area contributed by atoms with Gasteiger partial charge < -0.3 is 10.1 Å². The summed E-state index contributed by atoms with van der Waals surface area (Å²) in [7, 11) is -3.91. The molecule has 10 heteroatoms. The van der Waals surface area contributed by atoms with Gasteiger partial charge in [-0.25, -0.2) is 22.5 Å². The first-order chi connectivity index (χ1) is 14.5. The first kappa shape index (κ1) is 19.4. The highest BCUT2D eigenvalue weighted by Gasteiger charge is 2.29. The number of guanidine groups is 1. The first-order valence-electron chi connectivity index (χ1n) is 8.71. The summed E-state index contributed by atoms with van der Waals surface area (Å²) < 4.78 is 47.2. The second kappa shape index (κ2) is 7.81. The van der Waals surface area contributed by atoms with Crippen molar-refractivity contribution in [2.24, 2.45) is 4.99 Å². The van der Waals surface area contributed by atoms with Gasteiger partial charge in [-0.05, 0) is 48.5 Å². The molecule has 0 radical (unpaired) electrons. The Labute approximate surface area is 171 Å². The van der Waals surface area contributed by atoms with Crippen LogP contribution in [-0.4, -0.2) is 19.4 Å². The summed E-state index contributed by atoms with van der Waals surface area (Å²) in [5.41, 5.74) is 0.748. The highest BCUT2D eigenvalue weighted by atomic mass is 32.2. The maximum Gasteiger partial charge on any atom is 0.266 e. The van der Waals surface area contributed by atoms with E-state index < -0.39 is 15.8 Å². The Hall–Kier alpha value is -3.97. The molecule has 150 valence electrons. The summed E-state index contributed by atoms with van der Waals surface area (Å²) in [6.07, 6.45) is 1.43. The van der Waals surface area contributed by atoms with Crippen molar-refractivity contribution in [2.45, 2.75) is 11.4 Å². The van der Waals surface area contributed by atoms with Crippen molar-refractivity contribution < 1.29 is 17.5 Å². The van der Waals surface area contributed by atoms with Crippen molar-refractivity contribution >= 4 is 21.7 Å². The molecule has 0 spiro atoms. The second-order valence-electron chi connectivity index (χ2n) is 6.19. The van der Waals surface area contributed by atoms with Gasteiger partial charge in [0.15, 0.2) is 5.75 Å². The van der Waals surface area contributed by atoms with Crippen LogP contribution in [0.4, 0.5) is 10.1 Å². The number of sulfonamides is 1. The van der Waals surface area contributed by atoms with Crippen LogP contribution < -0.4 is 14.8 Å². The second-order valence-corrected chi connectivity index (χ2v) is 7.85. The van der Waals surface area contributed by atoms with Gasteiger partial charge >= 0.3 is 0 Å². The van der Waals surface area contributed by atoms with Crippen LogP contribution >= 0.6 is 0 Å². The number of pyridine rings is 1. The zero-order valence-electron chi connectivity index (χ0n) is 15.3. The molecule has 0 unspecified atom stereocenters. The van der Waals surface area contributed by atoms with Gasteiger partial charge in [-0.3, -0.25) is 4.98 Å². The molecule has 0 bridgehead atoms. The third kappa shape index (κ3) is 3.92. The van der Waals surface area contributed by atoms with Gasteiger partial charge in [0.25, 0.3) is 10.0 Å². The number of nitriles is 1. The van der Waals surface area contributed by atoms with Crippen LogP contribution in [-0.2, 0) is 16.6 Å².